The van der Waals surface area contributed by atoms with Crippen LogP contribution < -0.4 is 0 Å². The van der Waals surface area contributed by atoms with E-state index in [1.807, 2.05) is 12.1 Å². The molecule has 0 fully saturated rings. The van der Waals surface area contributed by atoms with Gasteiger partial charge in [0.1, 0.15) is 0 Å². The van der Waals surface area contributed by atoms with Gasteiger partial charge in [0.15, 0.2) is 12.4 Å². The molecule has 0 aliphatic rings. The number of esters is 1. The summed E-state index contributed by atoms with van der Waals surface area (Å²) in [5.74, 6) is -1.40. The van der Waals surface area contributed by atoms with Gasteiger partial charge >= 0.3 is 11.9 Å². The Labute approximate surface area is 136 Å². The largest absolute Gasteiger partial charge is 0.479 e. The second-order valence-electron chi connectivity index (χ2n) is 4.66. The molecule has 1 N–H and O–H groups in total. The van der Waals surface area contributed by atoms with E-state index in [4.69, 9.17) is 21.2 Å². The van der Waals surface area contributed by atoms with Crippen molar-refractivity contribution in [1.29, 1.82) is 0 Å². The first-order valence-electron chi connectivity index (χ1n) is 6.56. The van der Waals surface area contributed by atoms with Crippen LogP contribution in [0.1, 0.15) is 17.3 Å². The molecule has 2 aromatic rings. The molecule has 0 bridgehead atoms. The molecule has 120 valence electrons. The minimum absolute atomic E-state index is 0.00787. The smallest absolute Gasteiger partial charge is 0.341 e. The number of hydrogen-bond donors (Lipinski definition) is 1. The maximum atomic E-state index is 11.5. The zero-order chi connectivity index (χ0) is 16.8. The molecule has 8 heteroatoms. The molecule has 2 rings (SSSR count). The highest BCUT2D eigenvalue weighted by Gasteiger charge is 2.15. The molecule has 23 heavy (non-hydrogen) atoms. The average Bonchev–Trinajstić information content (AvgIpc) is 2.94. The predicted molar refractivity (Wildman–Crippen MR) is 80.0 cm³/mol. The van der Waals surface area contributed by atoms with Crippen molar-refractivity contribution in [3.8, 4) is 0 Å². The van der Waals surface area contributed by atoms with Crippen LogP contribution in [0.2, 0.25) is 5.02 Å². The summed E-state index contributed by atoms with van der Waals surface area (Å²) in [6.07, 6.45) is 0.447. The number of benzene rings is 1. The molecule has 0 amide bonds. The Kier molecular flexibility index (Phi) is 5.48. The molecule has 0 saturated heterocycles. The summed E-state index contributed by atoms with van der Waals surface area (Å²) >= 11 is 5.81. The Balaban J connectivity index is 1.91. The van der Waals surface area contributed by atoms with Crippen molar-refractivity contribution in [2.45, 2.75) is 12.8 Å². The summed E-state index contributed by atoms with van der Waals surface area (Å²) in [7, 11) is 0. The van der Waals surface area contributed by atoms with Gasteiger partial charge in [-0.1, -0.05) is 35.5 Å². The number of carbonyl (C=O) groups is 2. The van der Waals surface area contributed by atoms with Gasteiger partial charge in [0.05, 0.1) is 6.42 Å². The third kappa shape index (κ3) is 5.23. The van der Waals surface area contributed by atoms with Gasteiger partial charge in [-0.2, -0.15) is 4.98 Å². The quantitative estimate of drug-likeness (QED) is 0.609. The van der Waals surface area contributed by atoms with Crippen LogP contribution in [-0.2, 0) is 27.2 Å². The van der Waals surface area contributed by atoms with Gasteiger partial charge in [-0.15, -0.1) is 0 Å². The molecule has 7 nitrogen and oxygen atoms in total. The van der Waals surface area contributed by atoms with Crippen molar-refractivity contribution in [2.75, 3.05) is 6.61 Å². The van der Waals surface area contributed by atoms with Crippen LogP contribution in [0, 0.1) is 0 Å². The van der Waals surface area contributed by atoms with E-state index < -0.39 is 18.5 Å². The first kappa shape index (κ1) is 16.7. The van der Waals surface area contributed by atoms with Crippen LogP contribution in [0.4, 0.5) is 0 Å². The Morgan fingerprint density at radius 3 is 2.65 bits per heavy atom. The van der Waals surface area contributed by atoms with Crippen molar-refractivity contribution in [3.63, 3.8) is 0 Å². The van der Waals surface area contributed by atoms with Gasteiger partial charge < -0.3 is 14.4 Å². The lowest BCUT2D eigenvalue weighted by Crippen LogP contribution is -2.15. The number of aliphatic carboxylic acids is 1. The first-order valence-corrected chi connectivity index (χ1v) is 6.94. The number of hydrogen-bond acceptors (Lipinski definition) is 6. The monoisotopic (exact) mass is 336 g/mol. The Bertz CT molecular complexity index is 724. The molecule has 0 aliphatic heterocycles. The zero-order valence-electron chi connectivity index (χ0n) is 12.0. The lowest BCUT2D eigenvalue weighted by Gasteiger charge is -2.02. The summed E-state index contributed by atoms with van der Waals surface area (Å²) in [6.45, 7) is 2.80. The fraction of sp³-hybridized carbons (Fsp3) is 0.200. The van der Waals surface area contributed by atoms with E-state index in [2.05, 4.69) is 21.5 Å². The summed E-state index contributed by atoms with van der Waals surface area (Å²) in [4.78, 5) is 26.0. The molecule has 0 spiro atoms. The second-order valence-corrected chi connectivity index (χ2v) is 5.09. The van der Waals surface area contributed by atoms with E-state index in [0.717, 1.165) is 5.56 Å². The average molecular weight is 337 g/mol. The molecule has 1 aromatic carbocycles. The van der Waals surface area contributed by atoms with E-state index in [9.17, 15) is 9.59 Å². The lowest BCUT2D eigenvalue weighted by molar-refractivity contribution is -0.152. The van der Waals surface area contributed by atoms with Gasteiger partial charge in [0.25, 0.3) is 0 Å². The van der Waals surface area contributed by atoms with Gasteiger partial charge in [-0.3, -0.25) is 0 Å². The molecule has 0 atom stereocenters. The van der Waals surface area contributed by atoms with E-state index in [1.54, 1.807) is 12.1 Å². The predicted octanol–water partition coefficient (Wildman–Crippen LogP) is 2.04. The zero-order valence-corrected chi connectivity index (χ0v) is 12.7. The van der Waals surface area contributed by atoms with Crippen LogP contribution in [0.15, 0.2) is 40.9 Å². The maximum absolute atomic E-state index is 11.5. The topological polar surface area (TPSA) is 103 Å². The SMILES string of the molecule is C=C(Cc1nc(Cc2ccc(Cl)cc2)no1)C(=O)OCC(=O)O. The highest BCUT2D eigenvalue weighted by atomic mass is 35.5. The van der Waals surface area contributed by atoms with Gasteiger partial charge in [-0.25, -0.2) is 9.59 Å². The van der Waals surface area contributed by atoms with E-state index in [-0.39, 0.29) is 17.9 Å². The summed E-state index contributed by atoms with van der Waals surface area (Å²) in [5, 5.41) is 12.9. The number of carbonyl (C=O) groups excluding carboxylic acids is 1. The fourth-order valence-electron chi connectivity index (χ4n) is 1.70. The van der Waals surface area contributed by atoms with Gasteiger partial charge in [0, 0.05) is 17.0 Å². The van der Waals surface area contributed by atoms with Gasteiger partial charge in [0.2, 0.25) is 5.89 Å². The fourth-order valence-corrected chi connectivity index (χ4v) is 1.83. The van der Waals surface area contributed by atoms with Crippen LogP contribution in [-0.4, -0.2) is 33.8 Å². The molecule has 0 aliphatic carbocycles. The third-order valence-electron chi connectivity index (χ3n) is 2.77. The normalized spacial score (nSPS) is 10.3. The van der Waals surface area contributed by atoms with E-state index in [1.165, 1.54) is 0 Å². The number of carboxylic acids is 1. The van der Waals surface area contributed by atoms with Crippen molar-refractivity contribution < 1.29 is 24.0 Å². The number of nitrogens with zero attached hydrogens (tertiary/aromatic N) is 2. The van der Waals surface area contributed by atoms with Gasteiger partial charge in [-0.05, 0) is 17.7 Å². The molecule has 1 aromatic heterocycles. The van der Waals surface area contributed by atoms with Crippen molar-refractivity contribution >= 4 is 23.5 Å². The summed E-state index contributed by atoms with van der Waals surface area (Å²) in [6, 6.07) is 7.22. The number of halogens is 1. The minimum Gasteiger partial charge on any atom is -0.479 e. The van der Waals surface area contributed by atoms with Crippen LogP contribution in [0.5, 0.6) is 0 Å². The van der Waals surface area contributed by atoms with Crippen molar-refractivity contribution in [2.24, 2.45) is 0 Å². The molecule has 0 radical (unpaired) electrons. The Morgan fingerprint density at radius 2 is 2.00 bits per heavy atom. The second kappa shape index (κ2) is 7.55. The molecule has 0 unspecified atom stereocenters. The minimum atomic E-state index is -1.24. The first-order chi connectivity index (χ1) is 10.9. The number of carboxylic acid groups (broad SMARTS) is 1. The number of aromatic nitrogens is 2. The molecular weight excluding hydrogens is 324 g/mol. The van der Waals surface area contributed by atoms with Crippen LogP contribution in [0.3, 0.4) is 0 Å². The van der Waals surface area contributed by atoms with E-state index in [0.29, 0.717) is 17.3 Å². The molecule has 0 saturated carbocycles. The third-order valence-corrected chi connectivity index (χ3v) is 3.02. The Morgan fingerprint density at radius 1 is 1.30 bits per heavy atom. The number of ether oxygens (including phenoxy) is 1. The standard InChI is InChI=1S/C15H13ClN2O5/c1-9(15(21)22-8-14(19)20)6-13-17-12(18-23-13)7-10-2-4-11(16)5-3-10/h2-5H,1,6-8H2,(H,19,20). The van der Waals surface area contributed by atoms with Crippen LogP contribution >= 0.6 is 11.6 Å². The molecule has 1 heterocycles. The van der Waals surface area contributed by atoms with Crippen LogP contribution in [0.25, 0.3) is 0 Å². The number of rotatable bonds is 7. The van der Waals surface area contributed by atoms with E-state index >= 15 is 0 Å². The highest BCUT2D eigenvalue weighted by molar-refractivity contribution is 6.30. The summed E-state index contributed by atoms with van der Waals surface area (Å²) in [5.41, 5.74) is 0.995. The lowest BCUT2D eigenvalue weighted by atomic mass is 10.1. The Hall–Kier alpha value is -2.67. The maximum Gasteiger partial charge on any atom is 0.341 e. The van der Waals surface area contributed by atoms with Crippen molar-refractivity contribution in [1.82, 2.24) is 10.1 Å². The summed E-state index contributed by atoms with van der Waals surface area (Å²) < 4.78 is 9.55. The molecular formula is C15H13ClN2O5. The van der Waals surface area contributed by atoms with Crippen molar-refractivity contribution in [3.05, 3.63) is 58.7 Å². The highest BCUT2D eigenvalue weighted by Crippen LogP contribution is 2.13.